The fourth-order valence-electron chi connectivity index (χ4n) is 1.57. The van der Waals surface area contributed by atoms with Gasteiger partial charge in [-0.3, -0.25) is 24.1 Å². The predicted molar refractivity (Wildman–Crippen MR) is 94.4 cm³/mol. The second-order valence-electron chi connectivity index (χ2n) is 5.20. The summed E-state index contributed by atoms with van der Waals surface area (Å²) in [6.07, 6.45) is -5.85. The van der Waals surface area contributed by atoms with Crippen molar-refractivity contribution < 1.29 is 42.6 Å². The van der Waals surface area contributed by atoms with Crippen LogP contribution < -0.4 is 11.5 Å². The zero-order valence-electron chi connectivity index (χ0n) is 13.9. The number of alkyl halides is 3. The molecule has 0 heterocycles. The van der Waals surface area contributed by atoms with Crippen molar-refractivity contribution in [3.05, 3.63) is 9.40 Å². The molecule has 0 aromatic heterocycles. The minimum atomic E-state index is -4.91. The maximum Gasteiger partial charge on any atom is 0.428 e. The van der Waals surface area contributed by atoms with Gasteiger partial charge in [0.05, 0.1) is 10.4 Å². The maximum absolute atomic E-state index is 12.4. The summed E-state index contributed by atoms with van der Waals surface area (Å²) >= 11 is 10.7. The number of nitrogens with two attached hydrogens (primary N) is 2. The van der Waals surface area contributed by atoms with Gasteiger partial charge >= 0.3 is 18.1 Å². The Morgan fingerprint density at radius 2 is 1.61 bits per heavy atom. The zero-order chi connectivity index (χ0) is 22.2. The molecule has 0 aromatic carbocycles. The molecule has 6 N–H and O–H groups in total. The van der Waals surface area contributed by atoms with Crippen molar-refractivity contribution in [3.63, 3.8) is 0 Å². The van der Waals surface area contributed by atoms with Crippen LogP contribution in [-0.4, -0.2) is 69.4 Å². The quantitative estimate of drug-likeness (QED) is 0.363. The summed E-state index contributed by atoms with van der Waals surface area (Å²) in [5, 5.41) is 15.9. The molecule has 0 aliphatic heterocycles. The average molecular weight is 470 g/mol. The van der Waals surface area contributed by atoms with E-state index in [4.69, 9.17) is 44.9 Å². The Morgan fingerprint density at radius 3 is 2.04 bits per heavy atom. The number of carboxylic acids is 2. The fraction of sp³-hybridized carbons (Fsp3) is 0.538. The molecule has 0 bridgehead atoms. The normalized spacial score (nSPS) is 14.7. The lowest BCUT2D eigenvalue weighted by atomic mass is 10.1. The number of halogens is 5. The molecule has 160 valence electrons. The van der Waals surface area contributed by atoms with Gasteiger partial charge in [0.1, 0.15) is 17.6 Å². The van der Waals surface area contributed by atoms with Gasteiger partial charge in [-0.2, -0.15) is 13.2 Å². The van der Waals surface area contributed by atoms with Crippen molar-refractivity contribution in [3.8, 4) is 0 Å². The molecular formula is C13H16Cl2F3N3O6S. The molecule has 28 heavy (non-hydrogen) atoms. The van der Waals surface area contributed by atoms with Crippen LogP contribution in [-0.2, 0) is 19.2 Å². The zero-order valence-corrected chi connectivity index (χ0v) is 16.2. The monoisotopic (exact) mass is 469 g/mol. The van der Waals surface area contributed by atoms with Crippen molar-refractivity contribution in [1.82, 2.24) is 4.90 Å². The van der Waals surface area contributed by atoms with Crippen LogP contribution in [0.2, 0.25) is 0 Å². The van der Waals surface area contributed by atoms with Gasteiger partial charge in [0.15, 0.2) is 0 Å². The van der Waals surface area contributed by atoms with Crippen LogP contribution >= 0.6 is 35.0 Å². The van der Waals surface area contributed by atoms with E-state index < -0.39 is 70.1 Å². The number of rotatable bonds is 10. The van der Waals surface area contributed by atoms with Crippen LogP contribution in [0.1, 0.15) is 12.8 Å². The summed E-state index contributed by atoms with van der Waals surface area (Å²) in [6, 6.07) is -3.00. The van der Waals surface area contributed by atoms with Crippen LogP contribution in [0.25, 0.3) is 0 Å². The highest BCUT2D eigenvalue weighted by molar-refractivity contribution is 8.04. The van der Waals surface area contributed by atoms with Crippen LogP contribution in [0.4, 0.5) is 13.2 Å². The standard InChI is InChI=1S/C13H16Cl2F3N3O6S/c14-9(13(16,17)18)10(15)28-4-6(20)11(25)21(3-8(23)24)7(22)2-1-5(19)12(26)27/h5-6H,1-4,19-20H2,(H,23,24)(H,26,27)/b10-9-/t5-,6-/m0/s1. The maximum atomic E-state index is 12.4. The summed E-state index contributed by atoms with van der Waals surface area (Å²) in [4.78, 5) is 46.0. The number of thioether (sulfide) groups is 1. The summed E-state index contributed by atoms with van der Waals surface area (Å²) in [6.45, 7) is -1.08. The number of allylic oxidation sites excluding steroid dienone is 1. The number of carbonyl (C=O) groups excluding carboxylic acids is 2. The van der Waals surface area contributed by atoms with Crippen LogP contribution in [0, 0.1) is 0 Å². The lowest BCUT2D eigenvalue weighted by Gasteiger charge is -2.22. The second-order valence-corrected chi connectivity index (χ2v) is 7.21. The van der Waals surface area contributed by atoms with E-state index in [2.05, 4.69) is 0 Å². The average Bonchev–Trinajstić information content (AvgIpc) is 2.58. The van der Waals surface area contributed by atoms with Gasteiger partial charge < -0.3 is 21.7 Å². The first kappa shape index (κ1) is 26.5. The van der Waals surface area contributed by atoms with Gasteiger partial charge in [0.25, 0.3) is 0 Å². The Morgan fingerprint density at radius 1 is 1.07 bits per heavy atom. The highest BCUT2D eigenvalue weighted by atomic mass is 35.5. The van der Waals surface area contributed by atoms with E-state index in [-0.39, 0.29) is 23.1 Å². The Balaban J connectivity index is 5.11. The first-order valence-corrected chi connectivity index (χ1v) is 8.97. The third-order valence-corrected chi connectivity index (χ3v) is 5.09. The number of hydrogen-bond acceptors (Lipinski definition) is 7. The molecule has 0 aliphatic rings. The van der Waals surface area contributed by atoms with Gasteiger partial charge in [-0.05, 0) is 6.42 Å². The second kappa shape index (κ2) is 11.5. The summed E-state index contributed by atoms with van der Waals surface area (Å²) in [5.41, 5.74) is 10.7. The molecular weight excluding hydrogens is 454 g/mol. The lowest BCUT2D eigenvalue weighted by molar-refractivity contribution is -0.153. The SMILES string of the molecule is N[C@@H](CCC(=O)N(CC(=O)O)C(=O)[C@@H](N)CS/C(Cl)=C(\Cl)C(F)(F)F)C(=O)O. The van der Waals surface area contributed by atoms with Gasteiger partial charge in [0.2, 0.25) is 11.8 Å². The first-order chi connectivity index (χ1) is 12.7. The van der Waals surface area contributed by atoms with Crippen LogP contribution in [0.5, 0.6) is 0 Å². The molecule has 9 nitrogen and oxygen atoms in total. The lowest BCUT2D eigenvalue weighted by Crippen LogP contribution is -2.50. The molecule has 0 unspecified atom stereocenters. The number of aliphatic carboxylic acids is 2. The molecule has 0 rings (SSSR count). The van der Waals surface area contributed by atoms with Crippen molar-refractivity contribution in [1.29, 1.82) is 0 Å². The summed E-state index contributed by atoms with van der Waals surface area (Å²) < 4.78 is 36.3. The number of carbonyl (C=O) groups is 4. The third-order valence-electron chi connectivity index (χ3n) is 2.98. The molecule has 0 aromatic rings. The Kier molecular flexibility index (Phi) is 10.8. The van der Waals surface area contributed by atoms with Gasteiger partial charge in [-0.15, -0.1) is 11.8 Å². The summed E-state index contributed by atoms with van der Waals surface area (Å²) in [7, 11) is 0. The predicted octanol–water partition coefficient (Wildman–Crippen LogP) is 0.888. The molecule has 0 radical (unpaired) electrons. The topological polar surface area (TPSA) is 164 Å². The number of carboxylic acid groups (broad SMARTS) is 2. The van der Waals surface area contributed by atoms with Crippen molar-refractivity contribution in [2.45, 2.75) is 31.1 Å². The third kappa shape index (κ3) is 9.10. The molecule has 0 fully saturated rings. The van der Waals surface area contributed by atoms with E-state index >= 15 is 0 Å². The van der Waals surface area contributed by atoms with Gasteiger partial charge in [-0.25, -0.2) is 0 Å². The van der Waals surface area contributed by atoms with Crippen molar-refractivity contribution in [2.75, 3.05) is 12.3 Å². The number of imide groups is 1. The smallest absolute Gasteiger partial charge is 0.428 e. The van der Waals surface area contributed by atoms with E-state index in [0.29, 0.717) is 0 Å². The number of nitrogens with zero attached hydrogens (tertiary/aromatic N) is 1. The van der Waals surface area contributed by atoms with Crippen LogP contribution in [0.15, 0.2) is 9.40 Å². The Hall–Kier alpha value is -1.54. The largest absolute Gasteiger partial charge is 0.480 e. The Bertz CT molecular complexity index is 662. The van der Waals surface area contributed by atoms with Crippen molar-refractivity contribution in [2.24, 2.45) is 11.5 Å². The fourth-order valence-corrected chi connectivity index (χ4v) is 2.74. The highest BCUT2D eigenvalue weighted by Crippen LogP contribution is 2.37. The Labute approximate surface area is 170 Å². The molecule has 0 spiro atoms. The molecule has 2 amide bonds. The van der Waals surface area contributed by atoms with Gasteiger partial charge in [0, 0.05) is 12.2 Å². The minimum Gasteiger partial charge on any atom is -0.480 e. The highest BCUT2D eigenvalue weighted by Gasteiger charge is 2.36. The molecule has 2 atom stereocenters. The number of hydrogen-bond donors (Lipinski definition) is 4. The van der Waals surface area contributed by atoms with E-state index in [1.54, 1.807) is 0 Å². The first-order valence-electron chi connectivity index (χ1n) is 7.23. The minimum absolute atomic E-state index is 0.255. The van der Waals surface area contributed by atoms with Gasteiger partial charge in [-0.1, -0.05) is 23.2 Å². The molecule has 15 heteroatoms. The van der Waals surface area contributed by atoms with Crippen molar-refractivity contribution >= 4 is 58.7 Å². The number of amides is 2. The van der Waals surface area contributed by atoms with Crippen LogP contribution in [0.3, 0.4) is 0 Å². The van der Waals surface area contributed by atoms with E-state index in [0.717, 1.165) is 0 Å². The van der Waals surface area contributed by atoms with E-state index in [9.17, 15) is 32.3 Å². The van der Waals surface area contributed by atoms with E-state index in [1.807, 2.05) is 0 Å². The summed E-state index contributed by atoms with van der Waals surface area (Å²) in [5.74, 6) is -5.76. The molecule has 0 saturated carbocycles. The molecule has 0 saturated heterocycles. The van der Waals surface area contributed by atoms with E-state index in [1.165, 1.54) is 0 Å². The molecule has 0 aliphatic carbocycles.